The van der Waals surface area contributed by atoms with Gasteiger partial charge in [-0.05, 0) is 30.7 Å². The first-order chi connectivity index (χ1) is 11.7. The molecule has 1 aliphatic heterocycles. The van der Waals surface area contributed by atoms with Crippen LogP contribution in [0.5, 0.6) is 5.75 Å². The predicted molar refractivity (Wildman–Crippen MR) is 91.1 cm³/mol. The van der Waals surface area contributed by atoms with Crippen molar-refractivity contribution in [2.75, 3.05) is 51.3 Å². The Morgan fingerprint density at radius 3 is 2.54 bits per heavy atom. The second-order valence-electron chi connectivity index (χ2n) is 5.54. The highest BCUT2D eigenvalue weighted by atomic mass is 16.5. The van der Waals surface area contributed by atoms with E-state index in [1.807, 2.05) is 6.92 Å². The summed E-state index contributed by atoms with van der Waals surface area (Å²) in [5.74, 6) is -0.557. The molecule has 0 aromatic heterocycles. The number of hydrogen-bond acceptors (Lipinski definition) is 5. The number of morpholine rings is 1. The van der Waals surface area contributed by atoms with Crippen LogP contribution in [0.25, 0.3) is 0 Å². The first-order valence-corrected chi connectivity index (χ1v) is 8.31. The highest BCUT2D eigenvalue weighted by Crippen LogP contribution is 2.15. The number of hydrogen-bond donors (Lipinski definition) is 2. The van der Waals surface area contributed by atoms with Crippen LogP contribution >= 0.6 is 0 Å². The third-order valence-corrected chi connectivity index (χ3v) is 3.61. The van der Waals surface area contributed by atoms with Gasteiger partial charge in [-0.25, -0.2) is 0 Å². The fourth-order valence-corrected chi connectivity index (χ4v) is 2.27. The minimum atomic E-state index is -0.667. The summed E-state index contributed by atoms with van der Waals surface area (Å²) in [5.41, 5.74) is 0.562. The normalized spacial score (nSPS) is 14.9. The Morgan fingerprint density at radius 2 is 1.88 bits per heavy atom. The molecule has 7 heteroatoms. The lowest BCUT2D eigenvalue weighted by molar-refractivity contribution is -0.136. The second-order valence-corrected chi connectivity index (χ2v) is 5.54. The molecule has 1 saturated heterocycles. The number of nitrogens with one attached hydrogen (secondary N) is 2. The van der Waals surface area contributed by atoms with Crippen molar-refractivity contribution >= 4 is 17.5 Å². The molecule has 24 heavy (non-hydrogen) atoms. The zero-order valence-electron chi connectivity index (χ0n) is 14.0. The lowest BCUT2D eigenvalue weighted by Gasteiger charge is -2.26. The summed E-state index contributed by atoms with van der Waals surface area (Å²) in [6.07, 6.45) is 0.934. The van der Waals surface area contributed by atoms with Gasteiger partial charge in [0.1, 0.15) is 5.75 Å². The topological polar surface area (TPSA) is 79.9 Å². The third-order valence-electron chi connectivity index (χ3n) is 3.61. The van der Waals surface area contributed by atoms with E-state index in [2.05, 4.69) is 15.5 Å². The highest BCUT2D eigenvalue weighted by molar-refractivity contribution is 6.39. The van der Waals surface area contributed by atoms with Crippen molar-refractivity contribution in [1.29, 1.82) is 0 Å². The Hall–Kier alpha value is -2.12. The molecule has 2 rings (SSSR count). The average molecular weight is 335 g/mol. The summed E-state index contributed by atoms with van der Waals surface area (Å²) < 4.78 is 10.7. The molecule has 1 aromatic carbocycles. The van der Waals surface area contributed by atoms with Crippen LogP contribution in [0.4, 0.5) is 5.69 Å². The minimum Gasteiger partial charge on any atom is -0.494 e. The number of ether oxygens (including phenoxy) is 2. The Balaban J connectivity index is 1.69. The fraction of sp³-hybridized carbons (Fsp3) is 0.529. The Bertz CT molecular complexity index is 527. The SMILES string of the molecule is CCCOc1ccc(NC(=O)C(=O)NCCN2CCOCC2)cc1. The zero-order valence-corrected chi connectivity index (χ0v) is 14.0. The first-order valence-electron chi connectivity index (χ1n) is 8.31. The number of carbonyl (C=O) groups is 2. The monoisotopic (exact) mass is 335 g/mol. The number of nitrogens with zero attached hydrogens (tertiary/aromatic N) is 1. The number of benzene rings is 1. The number of rotatable bonds is 7. The van der Waals surface area contributed by atoms with Gasteiger partial charge in [-0.2, -0.15) is 0 Å². The van der Waals surface area contributed by atoms with Crippen molar-refractivity contribution in [2.24, 2.45) is 0 Å². The molecule has 0 unspecified atom stereocenters. The maximum absolute atomic E-state index is 11.9. The van der Waals surface area contributed by atoms with Crippen LogP contribution in [0, 0.1) is 0 Å². The van der Waals surface area contributed by atoms with E-state index in [0.29, 0.717) is 38.6 Å². The van der Waals surface area contributed by atoms with Gasteiger partial charge in [0.25, 0.3) is 0 Å². The first kappa shape index (κ1) is 18.2. The van der Waals surface area contributed by atoms with Crippen LogP contribution in [0.3, 0.4) is 0 Å². The molecule has 1 aromatic rings. The largest absolute Gasteiger partial charge is 0.494 e. The quantitative estimate of drug-likeness (QED) is 0.723. The second kappa shape index (κ2) is 9.89. The molecule has 0 saturated carbocycles. The van der Waals surface area contributed by atoms with Crippen LogP contribution < -0.4 is 15.4 Å². The summed E-state index contributed by atoms with van der Waals surface area (Å²) in [6.45, 7) is 6.98. The van der Waals surface area contributed by atoms with Gasteiger partial charge in [0.2, 0.25) is 0 Å². The van der Waals surface area contributed by atoms with E-state index >= 15 is 0 Å². The van der Waals surface area contributed by atoms with E-state index < -0.39 is 11.8 Å². The minimum absolute atomic E-state index is 0.441. The van der Waals surface area contributed by atoms with Gasteiger partial charge in [-0.1, -0.05) is 6.92 Å². The van der Waals surface area contributed by atoms with Gasteiger partial charge in [-0.15, -0.1) is 0 Å². The molecule has 0 atom stereocenters. The molecule has 2 amide bonds. The molecule has 1 fully saturated rings. The van der Waals surface area contributed by atoms with Gasteiger partial charge >= 0.3 is 11.8 Å². The molecule has 7 nitrogen and oxygen atoms in total. The molecule has 0 aliphatic carbocycles. The molecule has 0 bridgehead atoms. The van der Waals surface area contributed by atoms with E-state index in [-0.39, 0.29) is 0 Å². The summed E-state index contributed by atoms with van der Waals surface area (Å²) in [6, 6.07) is 6.96. The van der Waals surface area contributed by atoms with Crippen LogP contribution in [0.15, 0.2) is 24.3 Å². The Labute approximate surface area is 142 Å². The van der Waals surface area contributed by atoms with E-state index in [0.717, 1.165) is 25.3 Å². The van der Waals surface area contributed by atoms with Crippen molar-refractivity contribution in [3.8, 4) is 5.75 Å². The molecular formula is C17H25N3O4. The summed E-state index contributed by atoms with van der Waals surface area (Å²) in [5, 5.41) is 5.20. The van der Waals surface area contributed by atoms with E-state index in [1.54, 1.807) is 24.3 Å². The van der Waals surface area contributed by atoms with E-state index in [9.17, 15) is 9.59 Å². The molecule has 1 aliphatic rings. The third kappa shape index (κ3) is 6.17. The van der Waals surface area contributed by atoms with Crippen molar-refractivity contribution in [3.05, 3.63) is 24.3 Å². The standard InChI is InChI=1S/C17H25N3O4/c1-2-11-24-15-5-3-14(4-6-15)19-17(22)16(21)18-7-8-20-9-12-23-13-10-20/h3-6H,2,7-13H2,1H3,(H,18,21)(H,19,22). The van der Waals surface area contributed by atoms with Crippen LogP contribution in [0.2, 0.25) is 0 Å². The van der Waals surface area contributed by atoms with Crippen molar-refractivity contribution in [3.63, 3.8) is 0 Å². The van der Waals surface area contributed by atoms with E-state index in [1.165, 1.54) is 0 Å². The summed E-state index contributed by atoms with van der Waals surface area (Å²) in [7, 11) is 0. The zero-order chi connectivity index (χ0) is 17.2. The maximum atomic E-state index is 11.9. The summed E-state index contributed by atoms with van der Waals surface area (Å²) in [4.78, 5) is 25.9. The predicted octanol–water partition coefficient (Wildman–Crippen LogP) is 0.862. The molecule has 132 valence electrons. The number of amides is 2. The molecule has 0 spiro atoms. The van der Waals surface area contributed by atoms with Crippen molar-refractivity contribution < 1.29 is 19.1 Å². The van der Waals surface area contributed by atoms with Crippen molar-refractivity contribution in [1.82, 2.24) is 10.2 Å². The maximum Gasteiger partial charge on any atom is 0.313 e. The Morgan fingerprint density at radius 1 is 1.17 bits per heavy atom. The van der Waals surface area contributed by atoms with Gasteiger partial charge in [0, 0.05) is 31.9 Å². The molecule has 1 heterocycles. The van der Waals surface area contributed by atoms with E-state index in [4.69, 9.17) is 9.47 Å². The van der Waals surface area contributed by atoms with Gasteiger partial charge in [0.05, 0.1) is 19.8 Å². The van der Waals surface area contributed by atoms with Crippen LogP contribution in [-0.2, 0) is 14.3 Å². The van der Waals surface area contributed by atoms with Crippen molar-refractivity contribution in [2.45, 2.75) is 13.3 Å². The lowest BCUT2D eigenvalue weighted by atomic mass is 10.3. The van der Waals surface area contributed by atoms with Gasteiger partial charge in [0.15, 0.2) is 0 Å². The Kier molecular flexibility index (Phi) is 7.51. The highest BCUT2D eigenvalue weighted by Gasteiger charge is 2.15. The smallest absolute Gasteiger partial charge is 0.313 e. The average Bonchev–Trinajstić information content (AvgIpc) is 2.62. The molecule has 0 radical (unpaired) electrons. The van der Waals surface area contributed by atoms with Crippen LogP contribution in [-0.4, -0.2) is 62.7 Å². The lowest BCUT2D eigenvalue weighted by Crippen LogP contribution is -2.43. The number of anilines is 1. The van der Waals surface area contributed by atoms with Gasteiger partial charge < -0.3 is 20.1 Å². The summed E-state index contributed by atoms with van der Waals surface area (Å²) >= 11 is 0. The van der Waals surface area contributed by atoms with Crippen LogP contribution in [0.1, 0.15) is 13.3 Å². The number of carbonyl (C=O) groups excluding carboxylic acids is 2. The molecular weight excluding hydrogens is 310 g/mol. The molecule has 2 N–H and O–H groups in total. The van der Waals surface area contributed by atoms with Gasteiger partial charge in [-0.3, -0.25) is 14.5 Å². The fourth-order valence-electron chi connectivity index (χ4n) is 2.27.